The summed E-state index contributed by atoms with van der Waals surface area (Å²) in [4.78, 5) is 17.0. The summed E-state index contributed by atoms with van der Waals surface area (Å²) in [5, 5.41) is 6.33. The van der Waals surface area contributed by atoms with Crippen LogP contribution in [0.1, 0.15) is 12.7 Å². The molecule has 8 heteroatoms. The van der Waals surface area contributed by atoms with Crippen LogP contribution in [-0.4, -0.2) is 42.4 Å². The van der Waals surface area contributed by atoms with Crippen molar-refractivity contribution in [3.63, 3.8) is 0 Å². The second kappa shape index (κ2) is 6.74. The van der Waals surface area contributed by atoms with E-state index in [2.05, 4.69) is 15.5 Å². The molecule has 1 fully saturated rings. The van der Waals surface area contributed by atoms with Gasteiger partial charge >= 0.3 is 0 Å². The van der Waals surface area contributed by atoms with Crippen molar-refractivity contribution in [3.8, 4) is 11.5 Å². The molecular formula is C15H17FN4O3. The number of carbonyl (C=O) groups excluding carboxylic acids is 1. The lowest BCUT2D eigenvalue weighted by Gasteiger charge is -2.29. The number of ether oxygens (including phenoxy) is 1. The SMILES string of the molecule is CC(=O)NCc1noc(-c2ccc(N3CCOCC3)c(F)c2)n1. The standard InChI is InChI=1S/C15H17FN4O3/c1-10(21)17-9-14-18-15(23-19-14)11-2-3-13(12(16)8-11)20-4-6-22-7-5-20/h2-3,8H,4-7,9H2,1H3,(H,17,21). The number of hydrogen-bond acceptors (Lipinski definition) is 6. The zero-order valence-electron chi connectivity index (χ0n) is 12.7. The summed E-state index contributed by atoms with van der Waals surface area (Å²) in [6, 6.07) is 4.82. The first-order valence-corrected chi connectivity index (χ1v) is 7.33. The highest BCUT2D eigenvalue weighted by atomic mass is 19.1. The van der Waals surface area contributed by atoms with Crippen molar-refractivity contribution in [2.24, 2.45) is 0 Å². The number of hydrogen-bond donors (Lipinski definition) is 1. The van der Waals surface area contributed by atoms with Gasteiger partial charge in [-0.3, -0.25) is 4.79 Å². The maximum atomic E-state index is 14.4. The zero-order chi connectivity index (χ0) is 16.2. The molecule has 0 spiro atoms. The summed E-state index contributed by atoms with van der Waals surface area (Å²) in [7, 11) is 0. The number of halogens is 1. The molecule has 1 aliphatic heterocycles. The number of anilines is 1. The predicted octanol–water partition coefficient (Wildman–Crippen LogP) is 1.35. The van der Waals surface area contributed by atoms with Gasteiger partial charge in [-0.25, -0.2) is 4.39 Å². The molecule has 0 unspecified atom stereocenters. The molecule has 1 aromatic carbocycles. The lowest BCUT2D eigenvalue weighted by Crippen LogP contribution is -2.36. The first kappa shape index (κ1) is 15.4. The molecule has 1 N–H and O–H groups in total. The van der Waals surface area contributed by atoms with Gasteiger partial charge in [0.1, 0.15) is 5.82 Å². The molecule has 1 aromatic heterocycles. The van der Waals surface area contributed by atoms with Gasteiger partial charge in [0.15, 0.2) is 5.82 Å². The molecule has 0 aliphatic carbocycles. The van der Waals surface area contributed by atoms with Gasteiger partial charge in [0, 0.05) is 25.6 Å². The van der Waals surface area contributed by atoms with Crippen molar-refractivity contribution in [1.82, 2.24) is 15.5 Å². The van der Waals surface area contributed by atoms with Crippen LogP contribution in [0.2, 0.25) is 0 Å². The highest BCUT2D eigenvalue weighted by Crippen LogP contribution is 2.26. The minimum Gasteiger partial charge on any atom is -0.378 e. The number of morpholine rings is 1. The number of amides is 1. The highest BCUT2D eigenvalue weighted by molar-refractivity contribution is 5.72. The molecule has 23 heavy (non-hydrogen) atoms. The molecular weight excluding hydrogens is 303 g/mol. The van der Waals surface area contributed by atoms with E-state index in [-0.39, 0.29) is 24.2 Å². The largest absolute Gasteiger partial charge is 0.378 e. The Balaban J connectivity index is 1.75. The van der Waals surface area contributed by atoms with Gasteiger partial charge in [-0.05, 0) is 18.2 Å². The Morgan fingerprint density at radius 1 is 1.39 bits per heavy atom. The average molecular weight is 320 g/mol. The summed E-state index contributed by atoms with van der Waals surface area (Å²) in [6.45, 7) is 4.10. The fraction of sp³-hybridized carbons (Fsp3) is 0.400. The van der Waals surface area contributed by atoms with Crippen LogP contribution in [0.3, 0.4) is 0 Å². The Labute approximate surface area is 132 Å². The van der Waals surface area contributed by atoms with E-state index in [4.69, 9.17) is 9.26 Å². The molecule has 7 nitrogen and oxygen atoms in total. The normalized spacial score (nSPS) is 14.8. The summed E-state index contributed by atoms with van der Waals surface area (Å²) in [5.74, 6) is 0.0360. The monoisotopic (exact) mass is 320 g/mol. The molecule has 2 heterocycles. The molecule has 3 rings (SSSR count). The van der Waals surface area contributed by atoms with Gasteiger partial charge in [-0.15, -0.1) is 0 Å². The Kier molecular flexibility index (Phi) is 4.52. The van der Waals surface area contributed by atoms with Crippen molar-refractivity contribution in [3.05, 3.63) is 29.8 Å². The Bertz CT molecular complexity index is 698. The van der Waals surface area contributed by atoms with E-state index < -0.39 is 0 Å². The fourth-order valence-corrected chi connectivity index (χ4v) is 2.35. The van der Waals surface area contributed by atoms with Gasteiger partial charge in [0.05, 0.1) is 25.4 Å². The smallest absolute Gasteiger partial charge is 0.258 e. The van der Waals surface area contributed by atoms with Crippen molar-refractivity contribution >= 4 is 11.6 Å². The number of aromatic nitrogens is 2. The first-order chi connectivity index (χ1) is 11.1. The van der Waals surface area contributed by atoms with Gasteiger partial charge in [0.25, 0.3) is 5.89 Å². The number of nitrogens with zero attached hydrogens (tertiary/aromatic N) is 3. The topological polar surface area (TPSA) is 80.5 Å². The van der Waals surface area contributed by atoms with Crippen molar-refractivity contribution in [1.29, 1.82) is 0 Å². The average Bonchev–Trinajstić information content (AvgIpc) is 3.02. The van der Waals surface area contributed by atoms with E-state index in [0.717, 1.165) is 0 Å². The molecule has 0 saturated carbocycles. The van der Waals surface area contributed by atoms with Crippen LogP contribution in [-0.2, 0) is 16.1 Å². The van der Waals surface area contributed by atoms with E-state index in [1.54, 1.807) is 12.1 Å². The molecule has 0 bridgehead atoms. The van der Waals surface area contributed by atoms with E-state index in [0.29, 0.717) is 43.4 Å². The number of carbonyl (C=O) groups is 1. The van der Waals surface area contributed by atoms with Crippen molar-refractivity contribution in [2.45, 2.75) is 13.5 Å². The van der Waals surface area contributed by atoms with Crippen LogP contribution in [0.25, 0.3) is 11.5 Å². The Morgan fingerprint density at radius 3 is 2.87 bits per heavy atom. The third-order valence-electron chi connectivity index (χ3n) is 3.51. The van der Waals surface area contributed by atoms with Crippen LogP contribution in [0, 0.1) is 5.82 Å². The van der Waals surface area contributed by atoms with Gasteiger partial charge in [-0.2, -0.15) is 4.98 Å². The molecule has 0 radical (unpaired) electrons. The van der Waals surface area contributed by atoms with Crippen LogP contribution < -0.4 is 10.2 Å². The fourth-order valence-electron chi connectivity index (χ4n) is 2.35. The maximum Gasteiger partial charge on any atom is 0.258 e. The predicted molar refractivity (Wildman–Crippen MR) is 80.2 cm³/mol. The van der Waals surface area contributed by atoms with Gasteiger partial charge < -0.3 is 19.5 Å². The minimum atomic E-state index is -0.342. The Morgan fingerprint density at radius 2 is 2.17 bits per heavy atom. The number of benzene rings is 1. The van der Waals surface area contributed by atoms with E-state index in [1.165, 1.54) is 13.0 Å². The van der Waals surface area contributed by atoms with Crippen molar-refractivity contribution in [2.75, 3.05) is 31.2 Å². The second-order valence-corrected chi connectivity index (χ2v) is 5.19. The Hall–Kier alpha value is -2.48. The zero-order valence-corrected chi connectivity index (χ0v) is 12.7. The molecule has 1 amide bonds. The third kappa shape index (κ3) is 3.65. The van der Waals surface area contributed by atoms with Gasteiger partial charge in [0.2, 0.25) is 5.91 Å². The minimum absolute atomic E-state index is 0.174. The number of rotatable bonds is 4. The quantitative estimate of drug-likeness (QED) is 0.916. The van der Waals surface area contributed by atoms with Crippen molar-refractivity contribution < 1.29 is 18.4 Å². The molecule has 1 saturated heterocycles. The van der Waals surface area contributed by atoms with Gasteiger partial charge in [-0.1, -0.05) is 5.16 Å². The molecule has 2 aromatic rings. The lowest BCUT2D eigenvalue weighted by atomic mass is 10.1. The third-order valence-corrected chi connectivity index (χ3v) is 3.51. The van der Waals surface area contributed by atoms with E-state index in [9.17, 15) is 9.18 Å². The summed E-state index contributed by atoms with van der Waals surface area (Å²) in [5.41, 5.74) is 1.04. The summed E-state index contributed by atoms with van der Waals surface area (Å²) < 4.78 is 24.7. The van der Waals surface area contributed by atoms with E-state index >= 15 is 0 Å². The first-order valence-electron chi connectivity index (χ1n) is 7.33. The van der Waals surface area contributed by atoms with Crippen LogP contribution in [0.15, 0.2) is 22.7 Å². The number of nitrogens with one attached hydrogen (secondary N) is 1. The second-order valence-electron chi connectivity index (χ2n) is 5.19. The van der Waals surface area contributed by atoms with E-state index in [1.807, 2.05) is 4.90 Å². The lowest BCUT2D eigenvalue weighted by molar-refractivity contribution is -0.119. The highest BCUT2D eigenvalue weighted by Gasteiger charge is 2.17. The maximum absolute atomic E-state index is 14.4. The van der Waals surface area contributed by atoms with Crippen LogP contribution in [0.4, 0.5) is 10.1 Å². The van der Waals surface area contributed by atoms with Crippen LogP contribution >= 0.6 is 0 Å². The summed E-state index contributed by atoms with van der Waals surface area (Å²) in [6.07, 6.45) is 0. The van der Waals surface area contributed by atoms with Crippen LogP contribution in [0.5, 0.6) is 0 Å². The molecule has 1 aliphatic rings. The summed E-state index contributed by atoms with van der Waals surface area (Å²) >= 11 is 0. The molecule has 122 valence electrons. The molecule has 0 atom stereocenters.